The third-order valence-corrected chi connectivity index (χ3v) is 5.79. The highest BCUT2D eigenvalue weighted by atomic mass is 79.9. The first-order valence-corrected chi connectivity index (χ1v) is 8.77. The summed E-state index contributed by atoms with van der Waals surface area (Å²) in [6, 6.07) is 1.46. The molecule has 0 aliphatic carbocycles. The maximum atomic E-state index is 12.2. The van der Waals surface area contributed by atoms with E-state index in [4.69, 9.17) is 4.74 Å². The van der Waals surface area contributed by atoms with E-state index in [2.05, 4.69) is 20.7 Å². The van der Waals surface area contributed by atoms with Crippen LogP contribution in [0.4, 0.5) is 0 Å². The van der Waals surface area contributed by atoms with Crippen LogP contribution in [0.1, 0.15) is 24.6 Å². The molecule has 0 bridgehead atoms. The minimum atomic E-state index is -3.46. The normalized spacial score (nSPS) is 13.8. The topological polar surface area (TPSA) is 55.4 Å². The zero-order valence-electron chi connectivity index (χ0n) is 10.7. The number of sulfonamides is 1. The van der Waals surface area contributed by atoms with Gasteiger partial charge in [0.15, 0.2) is 0 Å². The molecule has 0 saturated heterocycles. The van der Waals surface area contributed by atoms with Crippen LogP contribution in [0.25, 0.3) is 0 Å². The number of rotatable bonds is 7. The molecule has 1 atom stereocenters. The second-order valence-corrected chi connectivity index (χ2v) is 8.35. The third kappa shape index (κ3) is 4.31. The monoisotopic (exact) mass is 355 g/mol. The van der Waals surface area contributed by atoms with Crippen LogP contribution < -0.4 is 4.72 Å². The molecule has 0 radical (unpaired) electrons. The first-order valence-electron chi connectivity index (χ1n) is 5.68. The second-order valence-electron chi connectivity index (χ2n) is 4.03. The van der Waals surface area contributed by atoms with Crippen LogP contribution in [0.15, 0.2) is 14.7 Å². The average molecular weight is 356 g/mol. The predicted molar refractivity (Wildman–Crippen MR) is 77.6 cm³/mol. The zero-order valence-corrected chi connectivity index (χ0v) is 13.9. The number of ether oxygens (including phenoxy) is 1. The van der Waals surface area contributed by atoms with E-state index >= 15 is 0 Å². The van der Waals surface area contributed by atoms with Crippen LogP contribution in [0, 0.1) is 6.92 Å². The van der Waals surface area contributed by atoms with Gasteiger partial charge in [-0.2, -0.15) is 0 Å². The molecule has 18 heavy (non-hydrogen) atoms. The van der Waals surface area contributed by atoms with Gasteiger partial charge in [0.05, 0.1) is 15.3 Å². The van der Waals surface area contributed by atoms with E-state index < -0.39 is 10.0 Å². The highest BCUT2D eigenvalue weighted by Crippen LogP contribution is 2.29. The summed E-state index contributed by atoms with van der Waals surface area (Å²) in [6.45, 7) is 4.20. The van der Waals surface area contributed by atoms with Gasteiger partial charge in [0.1, 0.15) is 0 Å². The molecule has 1 N–H and O–H groups in total. The Bertz CT molecular complexity index is 478. The summed E-state index contributed by atoms with van der Waals surface area (Å²) >= 11 is 4.72. The number of thiophene rings is 1. The minimum Gasteiger partial charge on any atom is -0.383 e. The van der Waals surface area contributed by atoms with E-state index in [1.165, 1.54) is 11.3 Å². The Hall–Kier alpha value is 0.0500. The molecule has 0 fully saturated rings. The minimum absolute atomic E-state index is 0.178. The van der Waals surface area contributed by atoms with E-state index in [1.807, 2.05) is 6.92 Å². The fraction of sp³-hybridized carbons (Fsp3) is 0.636. The molecule has 4 nitrogen and oxygen atoms in total. The number of hydrogen-bond donors (Lipinski definition) is 1. The Morgan fingerprint density at radius 3 is 2.67 bits per heavy atom. The highest BCUT2D eigenvalue weighted by molar-refractivity contribution is 9.11. The molecule has 0 saturated carbocycles. The van der Waals surface area contributed by atoms with Crippen molar-refractivity contribution in [3.8, 4) is 0 Å². The van der Waals surface area contributed by atoms with Crippen LogP contribution in [0.2, 0.25) is 0 Å². The molecule has 0 amide bonds. The second kappa shape index (κ2) is 7.00. The average Bonchev–Trinajstić information content (AvgIpc) is 2.59. The summed E-state index contributed by atoms with van der Waals surface area (Å²) in [6.07, 6.45) is 1.67. The maximum absolute atomic E-state index is 12.2. The summed E-state index contributed by atoms with van der Waals surface area (Å²) in [5.74, 6) is 0. The first-order chi connectivity index (χ1) is 8.40. The van der Waals surface area contributed by atoms with Crippen LogP contribution >= 0.6 is 27.3 Å². The van der Waals surface area contributed by atoms with Crippen molar-refractivity contribution in [2.45, 2.75) is 37.6 Å². The van der Waals surface area contributed by atoms with Crippen molar-refractivity contribution in [1.82, 2.24) is 4.72 Å². The number of methoxy groups -OCH3 is 1. The SMILES string of the molecule is CCCC(COC)NS(=O)(=O)c1cc(Br)sc1C. The number of nitrogens with one attached hydrogen (secondary N) is 1. The molecule has 1 unspecified atom stereocenters. The standard InChI is InChI=1S/C11H18BrNO3S2/c1-4-5-9(7-16-3)13-18(14,15)10-6-11(12)17-8(10)2/h6,9,13H,4-5,7H2,1-3H3. The molecular formula is C11H18BrNO3S2. The maximum Gasteiger partial charge on any atom is 0.242 e. The van der Waals surface area contributed by atoms with Gasteiger partial charge in [-0.15, -0.1) is 11.3 Å². The summed E-state index contributed by atoms with van der Waals surface area (Å²) in [7, 11) is -1.89. The van der Waals surface area contributed by atoms with Crippen molar-refractivity contribution in [3.05, 3.63) is 14.7 Å². The molecule has 7 heteroatoms. The van der Waals surface area contributed by atoms with Crippen molar-refractivity contribution in [2.24, 2.45) is 0 Å². The van der Waals surface area contributed by atoms with Gasteiger partial charge in [0.2, 0.25) is 10.0 Å². The van der Waals surface area contributed by atoms with Gasteiger partial charge < -0.3 is 4.74 Å². The third-order valence-electron chi connectivity index (χ3n) is 2.46. The Morgan fingerprint density at radius 1 is 1.56 bits per heavy atom. The number of aryl methyl sites for hydroxylation is 1. The van der Waals surface area contributed by atoms with Gasteiger partial charge in [0, 0.05) is 18.0 Å². The quantitative estimate of drug-likeness (QED) is 0.817. The van der Waals surface area contributed by atoms with Crippen molar-refractivity contribution in [2.75, 3.05) is 13.7 Å². The largest absolute Gasteiger partial charge is 0.383 e. The molecule has 0 aromatic carbocycles. The predicted octanol–water partition coefficient (Wildman–Crippen LogP) is 2.91. The number of hydrogen-bond acceptors (Lipinski definition) is 4. The first kappa shape index (κ1) is 16.1. The van der Waals surface area contributed by atoms with Gasteiger partial charge in [0.25, 0.3) is 0 Å². The van der Waals surface area contributed by atoms with E-state index in [0.717, 1.165) is 21.5 Å². The Morgan fingerprint density at radius 2 is 2.22 bits per heavy atom. The molecule has 104 valence electrons. The molecule has 1 heterocycles. The van der Waals surface area contributed by atoms with Gasteiger partial charge in [-0.3, -0.25) is 0 Å². The lowest BCUT2D eigenvalue weighted by Crippen LogP contribution is -2.37. The Kier molecular flexibility index (Phi) is 6.26. The van der Waals surface area contributed by atoms with Gasteiger partial charge in [-0.25, -0.2) is 13.1 Å². The highest BCUT2D eigenvalue weighted by Gasteiger charge is 2.23. The van der Waals surface area contributed by atoms with Gasteiger partial charge in [-0.1, -0.05) is 13.3 Å². The van der Waals surface area contributed by atoms with Crippen molar-refractivity contribution in [3.63, 3.8) is 0 Å². The summed E-state index contributed by atoms with van der Waals surface area (Å²) < 4.78 is 33.0. The molecule has 1 aromatic heterocycles. The number of halogens is 1. The van der Waals surface area contributed by atoms with Crippen LogP contribution in [-0.4, -0.2) is 28.2 Å². The van der Waals surface area contributed by atoms with Crippen LogP contribution in [0.3, 0.4) is 0 Å². The molecular weight excluding hydrogens is 338 g/mol. The summed E-state index contributed by atoms with van der Waals surface area (Å²) in [5.41, 5.74) is 0. The van der Waals surface area contributed by atoms with Gasteiger partial charge >= 0.3 is 0 Å². The lowest BCUT2D eigenvalue weighted by Gasteiger charge is -2.17. The summed E-state index contributed by atoms with van der Waals surface area (Å²) in [5, 5.41) is 0. The fourth-order valence-corrected chi connectivity index (χ4v) is 5.38. The van der Waals surface area contributed by atoms with Crippen molar-refractivity contribution in [1.29, 1.82) is 0 Å². The fourth-order valence-electron chi connectivity index (χ4n) is 1.71. The van der Waals surface area contributed by atoms with Crippen LogP contribution in [0.5, 0.6) is 0 Å². The van der Waals surface area contributed by atoms with Gasteiger partial charge in [-0.05, 0) is 35.3 Å². The molecule has 0 aliphatic heterocycles. The molecule has 0 aliphatic rings. The van der Waals surface area contributed by atoms with E-state index in [1.54, 1.807) is 20.1 Å². The lowest BCUT2D eigenvalue weighted by molar-refractivity contribution is 0.171. The Balaban J connectivity index is 2.89. The lowest BCUT2D eigenvalue weighted by atomic mass is 10.2. The van der Waals surface area contributed by atoms with Crippen LogP contribution in [-0.2, 0) is 14.8 Å². The van der Waals surface area contributed by atoms with E-state index in [-0.39, 0.29) is 6.04 Å². The van der Waals surface area contributed by atoms with Crippen molar-refractivity contribution < 1.29 is 13.2 Å². The molecule has 0 spiro atoms. The van der Waals surface area contributed by atoms with E-state index in [0.29, 0.717) is 11.5 Å². The molecule has 1 rings (SSSR count). The van der Waals surface area contributed by atoms with E-state index in [9.17, 15) is 8.42 Å². The smallest absolute Gasteiger partial charge is 0.242 e. The zero-order chi connectivity index (χ0) is 13.8. The molecule has 1 aromatic rings. The Labute approximate surface area is 121 Å². The van der Waals surface area contributed by atoms with Crippen molar-refractivity contribution >= 4 is 37.3 Å². The summed E-state index contributed by atoms with van der Waals surface area (Å²) in [4.78, 5) is 1.12.